The van der Waals surface area contributed by atoms with Gasteiger partial charge in [-0.25, -0.2) is 4.58 Å². The van der Waals surface area contributed by atoms with Crippen LogP contribution in [0.2, 0.25) is 0 Å². The molecule has 1 aliphatic carbocycles. The zero-order valence-corrected chi connectivity index (χ0v) is 12.3. The third-order valence-corrected chi connectivity index (χ3v) is 4.06. The SMILES string of the molecule is C[N+]1=CC=C(OC=O)C2C=Cc3c(OC=O)cc[n+](C)c3C21. The van der Waals surface area contributed by atoms with E-state index in [0.29, 0.717) is 24.5 Å². The number of rotatable bonds is 4. The van der Waals surface area contributed by atoms with Gasteiger partial charge in [-0.15, -0.1) is 0 Å². The average molecular weight is 300 g/mol. The predicted octanol–water partition coefficient (Wildman–Crippen LogP) is 0.514. The Labute approximate surface area is 127 Å². The quantitative estimate of drug-likeness (QED) is 0.601. The standard InChI is InChI=1S/C16H16N2O4/c1-17-7-5-13(21-9-19)11-3-4-12-14(22-10-20)6-8-18(2)16(12)15(11)17/h3-11,15H,1-2H3/q+2. The molecular formula is C16H16N2O4+2. The van der Waals surface area contributed by atoms with Crippen LogP contribution < -0.4 is 9.30 Å². The molecule has 0 amide bonds. The van der Waals surface area contributed by atoms with Crippen LogP contribution in [0.3, 0.4) is 0 Å². The number of carbonyl (C=O) groups is 2. The van der Waals surface area contributed by atoms with Gasteiger partial charge in [-0.1, -0.05) is 6.08 Å². The molecule has 0 saturated carbocycles. The first-order valence-electron chi connectivity index (χ1n) is 6.85. The first-order valence-corrected chi connectivity index (χ1v) is 6.85. The van der Waals surface area contributed by atoms with Crippen LogP contribution in [0.1, 0.15) is 17.3 Å². The van der Waals surface area contributed by atoms with Crippen molar-refractivity contribution in [3.63, 3.8) is 0 Å². The van der Waals surface area contributed by atoms with Crippen LogP contribution in [0.4, 0.5) is 0 Å². The molecule has 6 nitrogen and oxygen atoms in total. The first kappa shape index (κ1) is 14.2. The van der Waals surface area contributed by atoms with Crippen LogP contribution in [0.15, 0.2) is 30.2 Å². The van der Waals surface area contributed by atoms with E-state index < -0.39 is 0 Å². The molecule has 3 rings (SSSR count). The molecule has 2 aliphatic rings. The topological polar surface area (TPSA) is 59.5 Å². The Balaban J connectivity index is 2.16. The van der Waals surface area contributed by atoms with Crippen LogP contribution >= 0.6 is 0 Å². The summed E-state index contributed by atoms with van der Waals surface area (Å²) < 4.78 is 14.2. The second-order valence-corrected chi connectivity index (χ2v) is 5.23. The van der Waals surface area contributed by atoms with Crippen LogP contribution in [0.25, 0.3) is 6.08 Å². The van der Waals surface area contributed by atoms with Gasteiger partial charge in [0.2, 0.25) is 6.04 Å². The summed E-state index contributed by atoms with van der Waals surface area (Å²) in [5.41, 5.74) is 1.84. The molecule has 2 atom stereocenters. The van der Waals surface area contributed by atoms with Gasteiger partial charge in [0.15, 0.2) is 12.4 Å². The number of pyridine rings is 1. The molecule has 0 radical (unpaired) electrons. The second-order valence-electron chi connectivity index (χ2n) is 5.23. The van der Waals surface area contributed by atoms with E-state index in [2.05, 4.69) is 4.58 Å². The highest BCUT2D eigenvalue weighted by Crippen LogP contribution is 2.40. The predicted molar refractivity (Wildman–Crippen MR) is 77.1 cm³/mol. The van der Waals surface area contributed by atoms with Gasteiger partial charge in [0.25, 0.3) is 18.6 Å². The van der Waals surface area contributed by atoms with Crippen LogP contribution in [-0.2, 0) is 21.4 Å². The molecule has 0 aromatic carbocycles. The first-order chi connectivity index (χ1) is 10.7. The van der Waals surface area contributed by atoms with Crippen molar-refractivity contribution in [2.45, 2.75) is 6.04 Å². The number of allylic oxidation sites excluding steroid dienone is 1. The van der Waals surface area contributed by atoms with Gasteiger partial charge in [-0.3, -0.25) is 9.59 Å². The van der Waals surface area contributed by atoms with E-state index in [-0.39, 0.29) is 12.0 Å². The molecule has 6 heteroatoms. The lowest BCUT2D eigenvalue weighted by Crippen LogP contribution is -2.43. The van der Waals surface area contributed by atoms with E-state index in [1.54, 1.807) is 12.1 Å². The molecule has 2 unspecified atom stereocenters. The molecule has 1 aliphatic heterocycles. The lowest BCUT2D eigenvalue weighted by atomic mass is 9.84. The van der Waals surface area contributed by atoms with Gasteiger partial charge in [0.1, 0.15) is 31.5 Å². The summed E-state index contributed by atoms with van der Waals surface area (Å²) >= 11 is 0. The van der Waals surface area contributed by atoms with Crippen molar-refractivity contribution >= 4 is 25.2 Å². The summed E-state index contributed by atoms with van der Waals surface area (Å²) in [7, 11) is 3.90. The molecule has 112 valence electrons. The minimum absolute atomic E-state index is 0.0415. The van der Waals surface area contributed by atoms with Crippen molar-refractivity contribution in [2.24, 2.45) is 13.0 Å². The van der Waals surface area contributed by atoms with Gasteiger partial charge >= 0.3 is 0 Å². The number of nitrogens with zero attached hydrogens (tertiary/aromatic N) is 2. The fourth-order valence-corrected chi connectivity index (χ4v) is 3.10. The maximum absolute atomic E-state index is 10.7. The second kappa shape index (κ2) is 5.55. The number of hydrogen-bond donors (Lipinski definition) is 0. The van der Waals surface area contributed by atoms with Gasteiger partial charge in [-0.2, -0.15) is 4.57 Å². The largest absolute Gasteiger partial charge is 0.432 e. The smallest absolute Gasteiger partial charge is 0.298 e. The molecule has 1 aromatic rings. The van der Waals surface area contributed by atoms with Gasteiger partial charge < -0.3 is 9.47 Å². The minimum atomic E-state index is -0.0784. The van der Waals surface area contributed by atoms with Crippen molar-refractivity contribution in [3.8, 4) is 5.75 Å². The Morgan fingerprint density at radius 1 is 1.18 bits per heavy atom. The zero-order valence-electron chi connectivity index (χ0n) is 12.3. The fraction of sp³-hybridized carbons (Fsp3) is 0.250. The van der Waals surface area contributed by atoms with Gasteiger partial charge in [0, 0.05) is 12.1 Å². The Kier molecular flexibility index (Phi) is 3.58. The number of hydrogen-bond acceptors (Lipinski definition) is 4. The van der Waals surface area contributed by atoms with Crippen molar-refractivity contribution < 1.29 is 28.2 Å². The monoisotopic (exact) mass is 300 g/mol. The third kappa shape index (κ3) is 2.13. The highest BCUT2D eigenvalue weighted by Gasteiger charge is 2.45. The van der Waals surface area contributed by atoms with Gasteiger partial charge in [0.05, 0.1) is 5.56 Å². The molecule has 0 fully saturated rings. The van der Waals surface area contributed by atoms with E-state index in [9.17, 15) is 9.59 Å². The van der Waals surface area contributed by atoms with Crippen molar-refractivity contribution in [1.29, 1.82) is 0 Å². The average Bonchev–Trinajstić information content (AvgIpc) is 2.52. The van der Waals surface area contributed by atoms with Gasteiger partial charge in [-0.05, 0) is 6.08 Å². The van der Waals surface area contributed by atoms with E-state index in [4.69, 9.17) is 9.47 Å². The number of fused-ring (bicyclic) bond motifs is 3. The summed E-state index contributed by atoms with van der Waals surface area (Å²) in [5, 5.41) is 0. The highest BCUT2D eigenvalue weighted by molar-refractivity contribution is 5.71. The van der Waals surface area contributed by atoms with Crippen LogP contribution in [-0.4, -0.2) is 30.8 Å². The summed E-state index contributed by atoms with van der Waals surface area (Å²) in [6.07, 6.45) is 9.37. The molecule has 22 heavy (non-hydrogen) atoms. The van der Waals surface area contributed by atoms with E-state index in [0.717, 1.165) is 11.3 Å². The Hall–Kier alpha value is -2.76. The summed E-state index contributed by atoms with van der Waals surface area (Å²) in [6, 6.07) is 1.71. The Bertz CT molecular complexity index is 734. The minimum Gasteiger partial charge on any atom is -0.432 e. The van der Waals surface area contributed by atoms with Crippen molar-refractivity contribution in [3.05, 3.63) is 41.4 Å². The molecule has 0 N–H and O–H groups in total. The third-order valence-electron chi connectivity index (χ3n) is 4.06. The Morgan fingerprint density at radius 3 is 2.68 bits per heavy atom. The molecule has 2 heterocycles. The number of aryl methyl sites for hydroxylation is 1. The maximum Gasteiger partial charge on any atom is 0.298 e. The molecule has 0 spiro atoms. The fourth-order valence-electron chi connectivity index (χ4n) is 3.10. The lowest BCUT2D eigenvalue weighted by Gasteiger charge is -2.27. The number of carbonyl (C=O) groups excluding carboxylic acids is 2. The van der Waals surface area contributed by atoms with E-state index in [1.165, 1.54) is 0 Å². The summed E-state index contributed by atoms with van der Waals surface area (Å²) in [6.45, 7) is 0.865. The van der Waals surface area contributed by atoms with E-state index in [1.807, 2.05) is 43.2 Å². The highest BCUT2D eigenvalue weighted by atomic mass is 16.5. The van der Waals surface area contributed by atoms with Crippen molar-refractivity contribution in [2.75, 3.05) is 7.05 Å². The van der Waals surface area contributed by atoms with E-state index >= 15 is 0 Å². The number of ether oxygens (including phenoxy) is 2. The molecule has 0 bridgehead atoms. The maximum atomic E-state index is 10.7. The molecule has 0 saturated heterocycles. The molecular weight excluding hydrogens is 284 g/mol. The van der Waals surface area contributed by atoms with Crippen LogP contribution in [0.5, 0.6) is 5.75 Å². The molecule has 1 aromatic heterocycles. The zero-order chi connectivity index (χ0) is 15.7. The lowest BCUT2D eigenvalue weighted by molar-refractivity contribution is -0.703. The normalized spacial score (nSPS) is 21.9. The number of aromatic nitrogens is 1. The Morgan fingerprint density at radius 2 is 1.95 bits per heavy atom. The summed E-state index contributed by atoms with van der Waals surface area (Å²) in [4.78, 5) is 21.4. The van der Waals surface area contributed by atoms with Crippen molar-refractivity contribution in [1.82, 2.24) is 0 Å². The van der Waals surface area contributed by atoms with Crippen LogP contribution in [0, 0.1) is 5.92 Å². The summed E-state index contributed by atoms with van der Waals surface area (Å²) in [5.74, 6) is 1.03.